The zero-order chi connectivity index (χ0) is 18.8. The van der Waals surface area contributed by atoms with E-state index in [4.69, 9.17) is 0 Å². The molecule has 1 amide bonds. The van der Waals surface area contributed by atoms with Gasteiger partial charge in [0.15, 0.2) is 0 Å². The van der Waals surface area contributed by atoms with E-state index in [9.17, 15) is 10.1 Å². The molecule has 3 aromatic rings. The predicted molar refractivity (Wildman–Crippen MR) is 106 cm³/mol. The van der Waals surface area contributed by atoms with Crippen molar-refractivity contribution in [1.82, 2.24) is 9.47 Å². The molecule has 0 saturated heterocycles. The number of para-hydroxylation sites is 1. The van der Waals surface area contributed by atoms with Crippen molar-refractivity contribution in [3.8, 4) is 6.07 Å². The zero-order valence-corrected chi connectivity index (χ0v) is 15.5. The minimum absolute atomic E-state index is 0.0262. The number of nitrogens with zero attached hydrogens (tertiary/aromatic N) is 3. The van der Waals surface area contributed by atoms with Crippen LogP contribution in [0.1, 0.15) is 41.9 Å². The quantitative estimate of drug-likeness (QED) is 0.684. The third-order valence-corrected chi connectivity index (χ3v) is 5.42. The summed E-state index contributed by atoms with van der Waals surface area (Å²) in [5.41, 5.74) is 2.75. The van der Waals surface area contributed by atoms with E-state index >= 15 is 0 Å². The van der Waals surface area contributed by atoms with E-state index in [0.717, 1.165) is 29.3 Å². The summed E-state index contributed by atoms with van der Waals surface area (Å²) in [6, 6.07) is 22.4. The van der Waals surface area contributed by atoms with Crippen LogP contribution in [0.5, 0.6) is 0 Å². The lowest BCUT2D eigenvalue weighted by atomic mass is 9.93. The van der Waals surface area contributed by atoms with Gasteiger partial charge >= 0.3 is 0 Å². The molecule has 4 rings (SSSR count). The summed E-state index contributed by atoms with van der Waals surface area (Å²) in [5.74, 6) is -0.274. The minimum Gasteiger partial charge on any atom is -0.336 e. The first-order valence-electron chi connectivity index (χ1n) is 9.58. The van der Waals surface area contributed by atoms with E-state index < -0.39 is 0 Å². The number of fused-ring (bicyclic) bond motifs is 3. The first-order chi connectivity index (χ1) is 13.2. The van der Waals surface area contributed by atoms with Crippen LogP contribution in [0.4, 0.5) is 0 Å². The number of benzene rings is 2. The van der Waals surface area contributed by atoms with Crippen LogP contribution in [0.25, 0.3) is 10.9 Å². The van der Waals surface area contributed by atoms with Crippen molar-refractivity contribution < 1.29 is 4.79 Å². The number of hydrogen-bond donors (Lipinski definition) is 0. The fourth-order valence-electron chi connectivity index (χ4n) is 4.09. The Kier molecular flexibility index (Phi) is 4.68. The highest BCUT2D eigenvalue weighted by Crippen LogP contribution is 2.36. The molecule has 27 heavy (non-hydrogen) atoms. The second kappa shape index (κ2) is 7.28. The highest BCUT2D eigenvalue weighted by Gasteiger charge is 2.36. The third kappa shape index (κ3) is 3.00. The lowest BCUT2D eigenvalue weighted by Crippen LogP contribution is -2.34. The maximum absolute atomic E-state index is 13.3. The number of amides is 1. The Labute approximate surface area is 159 Å². The molecule has 136 valence electrons. The summed E-state index contributed by atoms with van der Waals surface area (Å²) in [6.45, 7) is 3.27. The maximum Gasteiger partial charge on any atom is 0.270 e. The highest BCUT2D eigenvalue weighted by molar-refractivity contribution is 5.99. The van der Waals surface area contributed by atoms with Crippen molar-refractivity contribution in [2.45, 2.75) is 25.8 Å². The molecule has 4 nitrogen and oxygen atoms in total. The van der Waals surface area contributed by atoms with Gasteiger partial charge in [-0.2, -0.15) is 5.26 Å². The van der Waals surface area contributed by atoms with Gasteiger partial charge in [0.05, 0.1) is 18.0 Å². The summed E-state index contributed by atoms with van der Waals surface area (Å²) < 4.78 is 2.09. The second-order valence-corrected chi connectivity index (χ2v) is 7.15. The van der Waals surface area contributed by atoms with Crippen LogP contribution < -0.4 is 0 Å². The molecule has 0 saturated carbocycles. The molecular weight excluding hydrogens is 334 g/mol. The third-order valence-electron chi connectivity index (χ3n) is 5.42. The molecule has 0 bridgehead atoms. The summed E-state index contributed by atoms with van der Waals surface area (Å²) in [6.07, 6.45) is 1.96. The Morgan fingerprint density at radius 3 is 2.59 bits per heavy atom. The Hall–Kier alpha value is -3.06. The maximum atomic E-state index is 13.3. The minimum atomic E-state index is -0.301. The molecular formula is C23H23N3O. The monoisotopic (exact) mass is 357 g/mol. The lowest BCUT2D eigenvalue weighted by Gasteiger charge is -2.26. The van der Waals surface area contributed by atoms with Gasteiger partial charge in [0.25, 0.3) is 5.91 Å². The Morgan fingerprint density at radius 1 is 1.11 bits per heavy atom. The molecule has 0 aliphatic carbocycles. The van der Waals surface area contributed by atoms with Crippen molar-refractivity contribution >= 4 is 16.8 Å². The van der Waals surface area contributed by atoms with Crippen LogP contribution in [0.15, 0.2) is 60.7 Å². The van der Waals surface area contributed by atoms with E-state index in [1.807, 2.05) is 53.4 Å². The number of aromatic nitrogens is 1. The molecule has 4 heteroatoms. The molecule has 2 heterocycles. The lowest BCUT2D eigenvalue weighted by molar-refractivity contribution is 0.0745. The largest absolute Gasteiger partial charge is 0.336 e. The summed E-state index contributed by atoms with van der Waals surface area (Å²) in [4.78, 5) is 15.2. The summed E-state index contributed by atoms with van der Waals surface area (Å²) in [7, 11) is 0. The van der Waals surface area contributed by atoms with E-state index in [-0.39, 0.29) is 17.9 Å². The molecule has 0 radical (unpaired) electrons. The standard InChI is InChI=1S/C23H23N3O/c1-2-3-13-25-16-19(15-24)22(17-9-5-4-6-10-17)26-20-12-8-7-11-18(20)14-21(26)23(25)27/h4-12,14,19,22H,2-3,13,16H2,1H3. The number of carbonyl (C=O) groups excluding carboxylic acids is 1. The normalized spacial score (nSPS) is 19.6. The molecule has 0 N–H and O–H groups in total. The average molecular weight is 357 g/mol. The summed E-state index contributed by atoms with van der Waals surface area (Å²) in [5, 5.41) is 11.0. The van der Waals surface area contributed by atoms with Crippen LogP contribution in [-0.2, 0) is 0 Å². The van der Waals surface area contributed by atoms with Gasteiger partial charge < -0.3 is 9.47 Å². The van der Waals surface area contributed by atoms with Crippen molar-refractivity contribution in [2.24, 2.45) is 5.92 Å². The second-order valence-electron chi connectivity index (χ2n) is 7.15. The van der Waals surface area contributed by atoms with Gasteiger partial charge in [-0.25, -0.2) is 0 Å². The van der Waals surface area contributed by atoms with Crippen LogP contribution in [0, 0.1) is 17.2 Å². The van der Waals surface area contributed by atoms with Gasteiger partial charge in [-0.1, -0.05) is 61.9 Å². The van der Waals surface area contributed by atoms with Crippen molar-refractivity contribution in [3.05, 3.63) is 71.9 Å². The van der Waals surface area contributed by atoms with E-state index in [2.05, 4.69) is 29.7 Å². The van der Waals surface area contributed by atoms with Crippen molar-refractivity contribution in [3.63, 3.8) is 0 Å². The number of hydrogen-bond acceptors (Lipinski definition) is 2. The smallest absolute Gasteiger partial charge is 0.270 e. The van der Waals surface area contributed by atoms with Crippen molar-refractivity contribution in [2.75, 3.05) is 13.1 Å². The van der Waals surface area contributed by atoms with E-state index in [1.54, 1.807) is 0 Å². The zero-order valence-electron chi connectivity index (χ0n) is 15.5. The molecule has 2 unspecified atom stereocenters. The van der Waals surface area contributed by atoms with Crippen LogP contribution in [0.2, 0.25) is 0 Å². The van der Waals surface area contributed by atoms with Gasteiger partial charge in [-0.3, -0.25) is 4.79 Å². The van der Waals surface area contributed by atoms with Gasteiger partial charge in [-0.05, 0) is 24.1 Å². The average Bonchev–Trinajstić information content (AvgIpc) is 3.04. The fraction of sp³-hybridized carbons (Fsp3) is 0.304. The molecule has 2 aromatic carbocycles. The molecule has 1 aromatic heterocycles. The molecule has 0 fully saturated rings. The van der Waals surface area contributed by atoms with Gasteiger partial charge in [0, 0.05) is 24.0 Å². The Bertz CT molecular complexity index is 999. The molecule has 0 spiro atoms. The van der Waals surface area contributed by atoms with Gasteiger partial charge in [-0.15, -0.1) is 0 Å². The topological polar surface area (TPSA) is 49.0 Å². The van der Waals surface area contributed by atoms with Crippen molar-refractivity contribution in [1.29, 1.82) is 5.26 Å². The first kappa shape index (κ1) is 17.4. The van der Waals surface area contributed by atoms with Crippen LogP contribution in [-0.4, -0.2) is 28.5 Å². The summed E-state index contributed by atoms with van der Waals surface area (Å²) >= 11 is 0. The van der Waals surface area contributed by atoms with E-state index in [1.165, 1.54) is 0 Å². The fourth-order valence-corrected chi connectivity index (χ4v) is 4.09. The molecule has 1 aliphatic heterocycles. The highest BCUT2D eigenvalue weighted by atomic mass is 16.2. The first-order valence-corrected chi connectivity index (χ1v) is 9.58. The number of nitriles is 1. The number of carbonyl (C=O) groups is 1. The Morgan fingerprint density at radius 2 is 1.85 bits per heavy atom. The van der Waals surface area contributed by atoms with Crippen LogP contribution in [0.3, 0.4) is 0 Å². The Balaban J connectivity index is 1.95. The van der Waals surface area contributed by atoms with Crippen LogP contribution >= 0.6 is 0 Å². The number of unbranched alkanes of at least 4 members (excludes halogenated alkanes) is 1. The van der Waals surface area contributed by atoms with E-state index in [0.29, 0.717) is 18.8 Å². The number of rotatable bonds is 4. The predicted octanol–water partition coefficient (Wildman–Crippen LogP) is 4.63. The molecule has 2 atom stereocenters. The molecule has 1 aliphatic rings. The van der Waals surface area contributed by atoms with Gasteiger partial charge in [0.1, 0.15) is 5.69 Å². The SMILES string of the molecule is CCCCN1CC(C#N)C(c2ccccc2)n2c(cc3ccccc32)C1=O. The van der Waals surface area contributed by atoms with Gasteiger partial charge in [0.2, 0.25) is 0 Å².